The second-order valence-electron chi connectivity index (χ2n) is 9.89. The number of unbranched alkanes of at least 4 members (excludes halogenated alkanes) is 5. The van der Waals surface area contributed by atoms with Gasteiger partial charge in [-0.25, -0.2) is 0 Å². The summed E-state index contributed by atoms with van der Waals surface area (Å²) in [6.45, 7) is 5.16. The largest absolute Gasteiger partial charge is 0.461 e. The Morgan fingerprint density at radius 3 is 2.28 bits per heavy atom. The summed E-state index contributed by atoms with van der Waals surface area (Å²) in [6, 6.07) is 15.8. The highest BCUT2D eigenvalue weighted by Gasteiger charge is 2.18. The minimum atomic E-state index is -0.294. The smallest absolute Gasteiger partial charge is 0.308 e. The maximum Gasteiger partial charge on any atom is 0.308 e. The van der Waals surface area contributed by atoms with E-state index in [0.29, 0.717) is 13.0 Å². The third-order valence-electron chi connectivity index (χ3n) is 6.21. The van der Waals surface area contributed by atoms with Crippen molar-refractivity contribution in [2.45, 2.75) is 77.9 Å². The summed E-state index contributed by atoms with van der Waals surface area (Å²) in [6.07, 6.45) is 11.7. The third kappa shape index (κ3) is 12.2. The second kappa shape index (κ2) is 16.7. The molecular formula is C31H44N2O3. The normalized spacial score (nSPS) is 12.1. The fourth-order valence-corrected chi connectivity index (χ4v) is 4.27. The van der Waals surface area contributed by atoms with Crippen molar-refractivity contribution in [3.63, 3.8) is 0 Å². The van der Waals surface area contributed by atoms with E-state index >= 15 is 0 Å². The number of likely N-dealkylation sites (N-methyl/N-ethyl adjacent to an activating group) is 1. The second-order valence-corrected chi connectivity index (χ2v) is 9.89. The van der Waals surface area contributed by atoms with Crippen LogP contribution in [0.15, 0.2) is 54.6 Å². The Hall–Kier alpha value is -2.92. The number of hydrogen-bond acceptors (Lipinski definition) is 4. The lowest BCUT2D eigenvalue weighted by molar-refractivity contribution is -0.145. The van der Waals surface area contributed by atoms with Crippen LogP contribution < -0.4 is 5.32 Å². The number of rotatable bonds is 16. The number of carbonyl (C=O) groups is 2. The first-order chi connectivity index (χ1) is 17.3. The lowest BCUT2D eigenvalue weighted by Crippen LogP contribution is -2.43. The molecule has 196 valence electrons. The van der Waals surface area contributed by atoms with E-state index < -0.39 is 0 Å². The van der Waals surface area contributed by atoms with Gasteiger partial charge in [-0.15, -0.1) is 0 Å². The summed E-state index contributed by atoms with van der Waals surface area (Å²) < 4.78 is 5.40. The summed E-state index contributed by atoms with van der Waals surface area (Å²) in [5, 5.41) is 3.03. The predicted octanol–water partition coefficient (Wildman–Crippen LogP) is 6.23. The summed E-state index contributed by atoms with van der Waals surface area (Å²) in [5.74, 6) is -0.285. The van der Waals surface area contributed by atoms with E-state index in [2.05, 4.69) is 49.5 Å². The average molecular weight is 493 g/mol. The minimum Gasteiger partial charge on any atom is -0.461 e. The molecular weight excluding hydrogens is 448 g/mol. The van der Waals surface area contributed by atoms with Gasteiger partial charge in [-0.2, -0.15) is 0 Å². The molecule has 0 saturated carbocycles. The van der Waals surface area contributed by atoms with Crippen LogP contribution in [0.1, 0.15) is 73.6 Å². The van der Waals surface area contributed by atoms with Crippen molar-refractivity contribution in [3.8, 4) is 0 Å². The highest BCUT2D eigenvalue weighted by Crippen LogP contribution is 2.16. The van der Waals surface area contributed by atoms with Crippen LogP contribution in [0.3, 0.4) is 0 Å². The van der Waals surface area contributed by atoms with Crippen LogP contribution in [0.4, 0.5) is 0 Å². The zero-order valence-electron chi connectivity index (χ0n) is 22.6. The van der Waals surface area contributed by atoms with Gasteiger partial charge in [-0.05, 0) is 69.5 Å². The van der Waals surface area contributed by atoms with Gasteiger partial charge in [0.1, 0.15) is 6.61 Å². The Labute approximate surface area is 217 Å². The molecule has 0 aromatic heterocycles. The Morgan fingerprint density at radius 2 is 1.58 bits per heavy atom. The molecule has 1 unspecified atom stereocenters. The highest BCUT2D eigenvalue weighted by molar-refractivity contribution is 5.77. The first kappa shape index (κ1) is 29.3. The van der Waals surface area contributed by atoms with Gasteiger partial charge in [0.25, 0.3) is 0 Å². The molecule has 0 spiro atoms. The van der Waals surface area contributed by atoms with Crippen LogP contribution in [0.5, 0.6) is 0 Å². The molecule has 0 heterocycles. The van der Waals surface area contributed by atoms with Crippen molar-refractivity contribution in [2.75, 3.05) is 20.6 Å². The molecule has 0 radical (unpaired) electrons. The molecule has 5 heteroatoms. The molecule has 0 bridgehead atoms. The van der Waals surface area contributed by atoms with Crippen molar-refractivity contribution in [1.82, 2.24) is 10.2 Å². The van der Waals surface area contributed by atoms with Crippen LogP contribution in [-0.4, -0.2) is 43.5 Å². The molecule has 0 fully saturated rings. The van der Waals surface area contributed by atoms with Crippen LogP contribution in [0.2, 0.25) is 0 Å². The zero-order chi connectivity index (χ0) is 26.2. The topological polar surface area (TPSA) is 58.6 Å². The van der Waals surface area contributed by atoms with Gasteiger partial charge < -0.3 is 15.0 Å². The maximum atomic E-state index is 12.5. The number of allylic oxidation sites excluding steroid dienone is 1. The molecule has 2 aromatic carbocycles. The van der Waals surface area contributed by atoms with Gasteiger partial charge >= 0.3 is 5.97 Å². The Kier molecular flexibility index (Phi) is 13.6. The lowest BCUT2D eigenvalue weighted by Gasteiger charge is -2.22. The van der Waals surface area contributed by atoms with Gasteiger partial charge in [-0.1, -0.05) is 79.9 Å². The van der Waals surface area contributed by atoms with E-state index in [-0.39, 0.29) is 30.9 Å². The standard InChI is InChI=1S/C31H44N2O3/c1-25-16-15-17-26(2)29(25)20-13-8-6-5-7-9-14-21-30(34)32-28(23-33(3)4)22-31(35)36-24-27-18-11-10-12-19-27/h10-13,15-20,28H,5-9,14,21-24H2,1-4H3,(H,32,34). The summed E-state index contributed by atoms with van der Waals surface area (Å²) >= 11 is 0. The molecule has 0 aliphatic rings. The van der Waals surface area contributed by atoms with Gasteiger partial charge in [0, 0.05) is 13.0 Å². The van der Waals surface area contributed by atoms with Crippen LogP contribution in [0.25, 0.3) is 6.08 Å². The summed E-state index contributed by atoms with van der Waals surface area (Å²) in [5.41, 5.74) is 4.93. The Balaban J connectivity index is 1.60. The average Bonchev–Trinajstić information content (AvgIpc) is 2.83. The number of amides is 1. The zero-order valence-corrected chi connectivity index (χ0v) is 22.6. The van der Waals surface area contributed by atoms with Crippen molar-refractivity contribution in [3.05, 3.63) is 76.9 Å². The molecule has 2 aromatic rings. The number of hydrogen-bond donors (Lipinski definition) is 1. The highest BCUT2D eigenvalue weighted by atomic mass is 16.5. The van der Waals surface area contributed by atoms with E-state index in [1.807, 2.05) is 49.3 Å². The van der Waals surface area contributed by atoms with E-state index in [1.165, 1.54) is 29.5 Å². The molecule has 1 amide bonds. The van der Waals surface area contributed by atoms with Crippen LogP contribution in [-0.2, 0) is 20.9 Å². The van der Waals surface area contributed by atoms with Crippen molar-refractivity contribution >= 4 is 18.0 Å². The number of nitrogens with one attached hydrogen (secondary N) is 1. The van der Waals surface area contributed by atoms with E-state index in [0.717, 1.165) is 31.2 Å². The van der Waals surface area contributed by atoms with Crippen molar-refractivity contribution < 1.29 is 14.3 Å². The summed E-state index contributed by atoms with van der Waals surface area (Å²) in [4.78, 5) is 26.8. The summed E-state index contributed by atoms with van der Waals surface area (Å²) in [7, 11) is 3.87. The Bertz CT molecular complexity index is 933. The van der Waals surface area contributed by atoms with Crippen molar-refractivity contribution in [2.24, 2.45) is 0 Å². The Morgan fingerprint density at radius 1 is 0.917 bits per heavy atom. The van der Waals surface area contributed by atoms with E-state index in [9.17, 15) is 9.59 Å². The third-order valence-corrected chi connectivity index (χ3v) is 6.21. The number of benzene rings is 2. The minimum absolute atomic E-state index is 0.00856. The van der Waals surface area contributed by atoms with Gasteiger partial charge in [0.15, 0.2) is 0 Å². The molecule has 5 nitrogen and oxygen atoms in total. The molecule has 0 saturated heterocycles. The van der Waals surface area contributed by atoms with E-state index in [4.69, 9.17) is 4.74 Å². The first-order valence-electron chi connectivity index (χ1n) is 13.2. The number of carbonyl (C=O) groups excluding carboxylic acids is 2. The molecule has 0 aliphatic heterocycles. The molecule has 36 heavy (non-hydrogen) atoms. The van der Waals surface area contributed by atoms with E-state index in [1.54, 1.807) is 0 Å². The van der Waals surface area contributed by atoms with Crippen LogP contribution in [0, 0.1) is 13.8 Å². The lowest BCUT2D eigenvalue weighted by atomic mass is 10.0. The quantitative estimate of drug-likeness (QED) is 0.223. The van der Waals surface area contributed by atoms with Crippen molar-refractivity contribution in [1.29, 1.82) is 0 Å². The number of esters is 1. The molecule has 1 atom stereocenters. The molecule has 0 aliphatic carbocycles. The monoisotopic (exact) mass is 492 g/mol. The van der Waals surface area contributed by atoms with Gasteiger partial charge in [0.05, 0.1) is 12.5 Å². The van der Waals surface area contributed by atoms with Gasteiger partial charge in [-0.3, -0.25) is 9.59 Å². The van der Waals surface area contributed by atoms with Crippen LogP contribution >= 0.6 is 0 Å². The fourth-order valence-electron chi connectivity index (χ4n) is 4.27. The molecule has 2 rings (SSSR count). The number of ether oxygens (including phenoxy) is 1. The number of aryl methyl sites for hydroxylation is 2. The maximum absolute atomic E-state index is 12.5. The number of nitrogens with zero attached hydrogens (tertiary/aromatic N) is 1. The fraction of sp³-hybridized carbons (Fsp3) is 0.484. The first-order valence-corrected chi connectivity index (χ1v) is 13.2. The van der Waals surface area contributed by atoms with Gasteiger partial charge in [0.2, 0.25) is 5.91 Å². The SMILES string of the molecule is Cc1cccc(C)c1C=CCCCCCCCC(=O)NC(CC(=O)OCc1ccccc1)CN(C)C. The molecule has 1 N–H and O–H groups in total. The predicted molar refractivity (Wildman–Crippen MR) is 149 cm³/mol.